The van der Waals surface area contributed by atoms with Crippen molar-refractivity contribution in [1.29, 1.82) is 0 Å². The average molecular weight is 543 g/mol. The van der Waals surface area contributed by atoms with Gasteiger partial charge in [-0.3, -0.25) is 9.93 Å². The minimum absolute atomic E-state index is 0.00195. The summed E-state index contributed by atoms with van der Waals surface area (Å²) in [5.74, 6) is 7.26. The standard InChI is InChI=1S/C32H47NO3.H3NS/c1-5-21-16-23-26-11-10-24(32(26,4)15-13-27(23)31(3)14-7-6-8-25(21)31)20(2)18-33-30(34)22-9-12-28-29(17-22)36-19-35-28;1-2/h9,12,17,20-21,23-27H,5-8,10-11,13-16,18-19H2,1-4H3,(H,33,34);2H,1H2/t20-,21+,23?,24?,25?,26?,27+,31?,32?;/m1./s1. The first-order chi connectivity index (χ1) is 18.3. The molecule has 38 heavy (non-hydrogen) atoms. The molecule has 9 atom stereocenters. The Labute approximate surface area is 235 Å². The zero-order valence-electron chi connectivity index (χ0n) is 24.0. The van der Waals surface area contributed by atoms with Crippen LogP contribution in [0.3, 0.4) is 0 Å². The highest BCUT2D eigenvalue weighted by Gasteiger charge is 2.61. The fourth-order valence-electron chi connectivity index (χ4n) is 10.5. The number of carbonyl (C=O) groups excluding carboxylic acids is 1. The van der Waals surface area contributed by atoms with Crippen LogP contribution in [0.1, 0.15) is 102 Å². The number of thiol groups is 1. The molecule has 0 aromatic heterocycles. The first-order valence-corrected chi connectivity index (χ1v) is 15.8. The third kappa shape index (κ3) is 4.66. The smallest absolute Gasteiger partial charge is 0.251 e. The molecular weight excluding hydrogens is 492 g/mol. The second kappa shape index (κ2) is 11.2. The Morgan fingerprint density at radius 3 is 2.58 bits per heavy atom. The zero-order valence-corrected chi connectivity index (χ0v) is 24.9. The van der Waals surface area contributed by atoms with Gasteiger partial charge in [0.25, 0.3) is 5.91 Å². The fourth-order valence-corrected chi connectivity index (χ4v) is 10.5. The van der Waals surface area contributed by atoms with Gasteiger partial charge < -0.3 is 14.8 Å². The van der Waals surface area contributed by atoms with Crippen molar-refractivity contribution in [2.24, 2.45) is 57.4 Å². The van der Waals surface area contributed by atoms with Crippen LogP contribution in [0.4, 0.5) is 0 Å². The van der Waals surface area contributed by atoms with Gasteiger partial charge in [-0.25, -0.2) is 0 Å². The predicted octanol–water partition coefficient (Wildman–Crippen LogP) is 7.26. The van der Waals surface area contributed by atoms with Gasteiger partial charge in [0.2, 0.25) is 6.79 Å². The lowest BCUT2D eigenvalue weighted by Gasteiger charge is -2.63. The Morgan fingerprint density at radius 1 is 1.03 bits per heavy atom. The second-order valence-electron chi connectivity index (χ2n) is 13.6. The van der Waals surface area contributed by atoms with Gasteiger partial charge in [-0.2, -0.15) is 0 Å². The largest absolute Gasteiger partial charge is 0.454 e. The summed E-state index contributed by atoms with van der Waals surface area (Å²) in [6, 6.07) is 5.49. The fraction of sp³-hybridized carbons (Fsp3) is 0.781. The molecule has 212 valence electrons. The summed E-state index contributed by atoms with van der Waals surface area (Å²) in [5, 5.41) is 7.45. The molecule has 0 saturated heterocycles. The van der Waals surface area contributed by atoms with Crippen molar-refractivity contribution in [3.8, 4) is 11.5 Å². The summed E-state index contributed by atoms with van der Waals surface area (Å²) >= 11 is 3.03. The molecule has 3 N–H and O–H groups in total. The third-order valence-electron chi connectivity index (χ3n) is 12.3. The molecule has 6 unspecified atom stereocenters. The highest BCUT2D eigenvalue weighted by molar-refractivity contribution is 7.77. The van der Waals surface area contributed by atoms with Gasteiger partial charge in [0.1, 0.15) is 0 Å². The van der Waals surface area contributed by atoms with Gasteiger partial charge in [0.15, 0.2) is 11.5 Å². The Balaban J connectivity index is 0.00000144. The van der Waals surface area contributed by atoms with E-state index in [1.807, 2.05) is 18.2 Å². The molecule has 0 radical (unpaired) electrons. The van der Waals surface area contributed by atoms with E-state index in [2.05, 4.69) is 51.0 Å². The number of carbonyl (C=O) groups is 1. The minimum Gasteiger partial charge on any atom is -0.454 e. The normalized spacial score (nSPS) is 39.6. The Morgan fingerprint density at radius 2 is 1.79 bits per heavy atom. The van der Waals surface area contributed by atoms with Gasteiger partial charge in [0, 0.05) is 12.1 Å². The lowest BCUT2D eigenvalue weighted by atomic mass is 9.42. The van der Waals surface area contributed by atoms with Crippen LogP contribution in [-0.4, -0.2) is 19.2 Å². The van der Waals surface area contributed by atoms with Crippen molar-refractivity contribution in [2.75, 3.05) is 13.3 Å². The topological polar surface area (TPSA) is 73.6 Å². The molecule has 4 fully saturated rings. The summed E-state index contributed by atoms with van der Waals surface area (Å²) in [7, 11) is 0. The zero-order chi connectivity index (χ0) is 27.1. The van der Waals surface area contributed by atoms with Gasteiger partial charge in [-0.05, 0) is 115 Å². The third-order valence-corrected chi connectivity index (χ3v) is 12.3. The average Bonchev–Trinajstić information content (AvgIpc) is 3.55. The Hall–Kier alpha value is -1.40. The number of amides is 1. The molecule has 4 aliphatic carbocycles. The maximum atomic E-state index is 12.9. The van der Waals surface area contributed by atoms with Crippen molar-refractivity contribution < 1.29 is 14.3 Å². The summed E-state index contributed by atoms with van der Waals surface area (Å²) in [4.78, 5) is 12.9. The molecule has 1 aromatic rings. The van der Waals surface area contributed by atoms with E-state index in [1.165, 1.54) is 64.2 Å². The van der Waals surface area contributed by atoms with E-state index in [0.717, 1.165) is 41.9 Å². The van der Waals surface area contributed by atoms with Crippen molar-refractivity contribution in [3.63, 3.8) is 0 Å². The van der Waals surface area contributed by atoms with E-state index < -0.39 is 0 Å². The molecule has 1 amide bonds. The first-order valence-electron chi connectivity index (χ1n) is 15.3. The van der Waals surface area contributed by atoms with Crippen LogP contribution in [0.5, 0.6) is 11.5 Å². The van der Waals surface area contributed by atoms with Crippen LogP contribution in [0.25, 0.3) is 0 Å². The van der Waals surface area contributed by atoms with E-state index in [4.69, 9.17) is 9.47 Å². The molecule has 1 heterocycles. The molecule has 0 spiro atoms. The summed E-state index contributed by atoms with van der Waals surface area (Å²) < 4.78 is 10.9. The number of ether oxygens (including phenoxy) is 2. The number of hydrogen-bond donors (Lipinski definition) is 3. The molecule has 6 rings (SSSR count). The molecule has 1 aromatic carbocycles. The number of nitrogens with two attached hydrogens (primary N) is 1. The van der Waals surface area contributed by atoms with Crippen LogP contribution < -0.4 is 19.9 Å². The van der Waals surface area contributed by atoms with Gasteiger partial charge in [0.05, 0.1) is 0 Å². The quantitative estimate of drug-likeness (QED) is 0.343. The Bertz CT molecular complexity index is 1000. The Kier molecular flexibility index (Phi) is 8.32. The van der Waals surface area contributed by atoms with Crippen LogP contribution in [-0.2, 0) is 0 Å². The van der Waals surface area contributed by atoms with Crippen molar-refractivity contribution >= 4 is 18.7 Å². The number of nitrogens with one attached hydrogen (secondary N) is 1. The highest BCUT2D eigenvalue weighted by atomic mass is 32.1. The summed E-state index contributed by atoms with van der Waals surface area (Å²) in [5.41, 5.74) is 1.68. The van der Waals surface area contributed by atoms with Crippen molar-refractivity contribution in [3.05, 3.63) is 23.8 Å². The van der Waals surface area contributed by atoms with Crippen molar-refractivity contribution in [2.45, 2.75) is 91.9 Å². The number of fused-ring (bicyclic) bond motifs is 6. The van der Waals surface area contributed by atoms with Crippen LogP contribution in [0, 0.1) is 52.3 Å². The molecular formula is C32H50N2O3S. The number of benzene rings is 1. The summed E-state index contributed by atoms with van der Waals surface area (Å²) in [6.45, 7) is 11.2. The molecule has 6 heteroatoms. The first kappa shape index (κ1) is 28.1. The number of rotatable bonds is 5. The van der Waals surface area contributed by atoms with Crippen LogP contribution in [0.15, 0.2) is 18.2 Å². The molecule has 1 aliphatic heterocycles. The van der Waals surface area contributed by atoms with E-state index in [1.54, 1.807) is 0 Å². The summed E-state index contributed by atoms with van der Waals surface area (Å²) in [6.07, 6.45) is 14.3. The molecule has 4 saturated carbocycles. The minimum atomic E-state index is -0.00195. The van der Waals surface area contributed by atoms with E-state index in [9.17, 15) is 4.79 Å². The van der Waals surface area contributed by atoms with Gasteiger partial charge in [-0.15, -0.1) is 12.8 Å². The van der Waals surface area contributed by atoms with Gasteiger partial charge >= 0.3 is 0 Å². The van der Waals surface area contributed by atoms with Crippen LogP contribution >= 0.6 is 12.8 Å². The van der Waals surface area contributed by atoms with E-state index in [0.29, 0.717) is 34.0 Å². The predicted molar refractivity (Wildman–Crippen MR) is 156 cm³/mol. The van der Waals surface area contributed by atoms with Gasteiger partial charge in [-0.1, -0.05) is 47.0 Å². The van der Waals surface area contributed by atoms with E-state index >= 15 is 0 Å². The monoisotopic (exact) mass is 542 g/mol. The number of hydrogen-bond acceptors (Lipinski definition) is 5. The lowest BCUT2D eigenvalue weighted by molar-refractivity contribution is -0.137. The lowest BCUT2D eigenvalue weighted by Crippen LogP contribution is -2.55. The molecule has 5 nitrogen and oxygen atoms in total. The van der Waals surface area contributed by atoms with Crippen LogP contribution in [0.2, 0.25) is 0 Å². The SMILES string of the molecule is CC[C@H]1CC2C3CCC([C@H](C)CNC(=O)c4ccc5c(c4)OCO5)C3(C)CC[C@@H]2C2(C)CCCCC12.NS. The maximum absolute atomic E-state index is 12.9. The maximum Gasteiger partial charge on any atom is 0.251 e. The highest BCUT2D eigenvalue weighted by Crippen LogP contribution is 2.69. The van der Waals surface area contributed by atoms with E-state index in [-0.39, 0.29) is 12.7 Å². The molecule has 0 bridgehead atoms. The second-order valence-corrected chi connectivity index (χ2v) is 13.6. The molecule has 5 aliphatic rings. The van der Waals surface area contributed by atoms with Crippen molar-refractivity contribution in [1.82, 2.24) is 5.32 Å².